The molecule has 118 valence electrons. The molecule has 1 aromatic rings. The van der Waals surface area contributed by atoms with Gasteiger partial charge in [-0.3, -0.25) is 0 Å². The first kappa shape index (κ1) is 16.7. The van der Waals surface area contributed by atoms with E-state index in [1.54, 1.807) is 12.1 Å². The van der Waals surface area contributed by atoms with Crippen molar-refractivity contribution >= 4 is 21.6 Å². The van der Waals surface area contributed by atoms with Crippen molar-refractivity contribution in [1.29, 1.82) is 0 Å². The SMILES string of the molecule is CCNCc1ccc(Cl)c(S(=O)(=O)NC2(C)CCOC2)c1. The predicted molar refractivity (Wildman–Crippen MR) is 83.0 cm³/mol. The Morgan fingerprint density at radius 1 is 1.43 bits per heavy atom. The Bertz CT molecular complexity index is 598. The average molecular weight is 333 g/mol. The number of halogens is 1. The van der Waals surface area contributed by atoms with Crippen LogP contribution in [0.4, 0.5) is 0 Å². The van der Waals surface area contributed by atoms with Gasteiger partial charge in [0.05, 0.1) is 17.2 Å². The highest BCUT2D eigenvalue weighted by molar-refractivity contribution is 7.89. The fourth-order valence-corrected chi connectivity index (χ4v) is 4.23. The van der Waals surface area contributed by atoms with Gasteiger partial charge in [-0.15, -0.1) is 0 Å². The van der Waals surface area contributed by atoms with Crippen LogP contribution in [0.15, 0.2) is 23.1 Å². The molecule has 1 aromatic carbocycles. The van der Waals surface area contributed by atoms with Gasteiger partial charge in [0.1, 0.15) is 4.90 Å². The van der Waals surface area contributed by atoms with E-state index in [0.717, 1.165) is 12.1 Å². The van der Waals surface area contributed by atoms with Crippen molar-refractivity contribution in [1.82, 2.24) is 10.0 Å². The predicted octanol–water partition coefficient (Wildman–Crippen LogP) is 1.91. The molecule has 0 aromatic heterocycles. The van der Waals surface area contributed by atoms with E-state index in [9.17, 15) is 8.42 Å². The maximum absolute atomic E-state index is 12.6. The lowest BCUT2D eigenvalue weighted by Crippen LogP contribution is -2.46. The van der Waals surface area contributed by atoms with Crippen LogP contribution in [0.25, 0.3) is 0 Å². The molecule has 1 atom stereocenters. The van der Waals surface area contributed by atoms with Gasteiger partial charge in [0.15, 0.2) is 0 Å². The van der Waals surface area contributed by atoms with Crippen LogP contribution < -0.4 is 10.0 Å². The molecule has 1 fully saturated rings. The van der Waals surface area contributed by atoms with E-state index < -0.39 is 15.6 Å². The molecular weight excluding hydrogens is 312 g/mol. The van der Waals surface area contributed by atoms with Crippen LogP contribution in [-0.2, 0) is 21.3 Å². The van der Waals surface area contributed by atoms with E-state index in [0.29, 0.717) is 26.2 Å². The Kier molecular flexibility index (Phi) is 5.27. The summed E-state index contributed by atoms with van der Waals surface area (Å²) in [5.41, 5.74) is 0.314. The molecule has 0 spiro atoms. The van der Waals surface area contributed by atoms with Crippen LogP contribution >= 0.6 is 11.6 Å². The fraction of sp³-hybridized carbons (Fsp3) is 0.571. The molecule has 1 saturated heterocycles. The third kappa shape index (κ3) is 4.17. The molecule has 0 radical (unpaired) electrons. The molecule has 1 unspecified atom stereocenters. The van der Waals surface area contributed by atoms with Crippen molar-refractivity contribution in [3.8, 4) is 0 Å². The summed E-state index contributed by atoms with van der Waals surface area (Å²) in [5, 5.41) is 3.39. The summed E-state index contributed by atoms with van der Waals surface area (Å²) in [7, 11) is -3.67. The number of rotatable bonds is 6. The summed E-state index contributed by atoms with van der Waals surface area (Å²) in [6.07, 6.45) is 0.654. The van der Waals surface area contributed by atoms with Gasteiger partial charge >= 0.3 is 0 Å². The molecule has 7 heteroatoms. The summed E-state index contributed by atoms with van der Waals surface area (Å²) in [6, 6.07) is 5.06. The van der Waals surface area contributed by atoms with Crippen molar-refractivity contribution in [2.75, 3.05) is 19.8 Å². The molecule has 2 N–H and O–H groups in total. The second-order valence-electron chi connectivity index (χ2n) is 5.51. The van der Waals surface area contributed by atoms with Crippen LogP contribution in [0.3, 0.4) is 0 Å². The lowest BCUT2D eigenvalue weighted by Gasteiger charge is -2.23. The Balaban J connectivity index is 2.26. The molecule has 0 saturated carbocycles. The second kappa shape index (κ2) is 6.62. The van der Waals surface area contributed by atoms with Gasteiger partial charge in [0.2, 0.25) is 10.0 Å². The minimum absolute atomic E-state index is 0.118. The summed E-state index contributed by atoms with van der Waals surface area (Å²) < 4.78 is 33.1. The van der Waals surface area contributed by atoms with E-state index in [4.69, 9.17) is 16.3 Å². The molecule has 1 heterocycles. The summed E-state index contributed by atoms with van der Waals surface area (Å²) in [4.78, 5) is 0.118. The largest absolute Gasteiger partial charge is 0.379 e. The Hall–Kier alpha value is -0.660. The standard InChI is InChI=1S/C14H21ClN2O3S/c1-3-16-9-11-4-5-12(15)13(8-11)21(18,19)17-14(2)6-7-20-10-14/h4-5,8,16-17H,3,6-7,9-10H2,1-2H3. The first-order valence-electron chi connectivity index (χ1n) is 6.97. The number of sulfonamides is 1. The molecule has 5 nitrogen and oxygen atoms in total. The minimum Gasteiger partial charge on any atom is -0.379 e. The molecule has 21 heavy (non-hydrogen) atoms. The topological polar surface area (TPSA) is 67.4 Å². The Morgan fingerprint density at radius 3 is 2.81 bits per heavy atom. The fourth-order valence-electron chi connectivity index (χ4n) is 2.26. The van der Waals surface area contributed by atoms with Crippen molar-refractivity contribution in [2.45, 2.75) is 37.2 Å². The molecule has 0 amide bonds. The molecule has 1 aliphatic rings. The molecular formula is C14H21ClN2O3S. The minimum atomic E-state index is -3.67. The Morgan fingerprint density at radius 2 is 2.19 bits per heavy atom. The number of hydrogen-bond donors (Lipinski definition) is 2. The van der Waals surface area contributed by atoms with E-state index >= 15 is 0 Å². The molecule has 2 rings (SSSR count). The van der Waals surface area contributed by atoms with Crippen molar-refractivity contribution in [3.05, 3.63) is 28.8 Å². The van der Waals surface area contributed by atoms with Crippen LogP contribution in [0.2, 0.25) is 5.02 Å². The number of ether oxygens (including phenoxy) is 1. The number of hydrogen-bond acceptors (Lipinski definition) is 4. The Labute approximate surface area is 131 Å². The normalized spacial score (nSPS) is 22.6. The zero-order valence-corrected chi connectivity index (χ0v) is 13.9. The summed E-state index contributed by atoms with van der Waals surface area (Å²) >= 11 is 6.07. The lowest BCUT2D eigenvalue weighted by atomic mass is 10.0. The third-order valence-corrected chi connectivity index (χ3v) is 5.58. The van der Waals surface area contributed by atoms with Gasteiger partial charge < -0.3 is 10.1 Å². The van der Waals surface area contributed by atoms with Gasteiger partial charge in [-0.05, 0) is 37.6 Å². The quantitative estimate of drug-likeness (QED) is 0.835. The van der Waals surface area contributed by atoms with E-state index in [-0.39, 0.29) is 9.92 Å². The van der Waals surface area contributed by atoms with Gasteiger partial charge in [-0.1, -0.05) is 24.6 Å². The number of nitrogens with one attached hydrogen (secondary N) is 2. The zero-order chi connectivity index (χ0) is 15.5. The monoisotopic (exact) mass is 332 g/mol. The van der Waals surface area contributed by atoms with Crippen LogP contribution in [0, 0.1) is 0 Å². The highest BCUT2D eigenvalue weighted by atomic mass is 35.5. The van der Waals surface area contributed by atoms with Crippen LogP contribution in [0.1, 0.15) is 25.8 Å². The van der Waals surface area contributed by atoms with Crippen LogP contribution in [-0.4, -0.2) is 33.7 Å². The highest BCUT2D eigenvalue weighted by Crippen LogP contribution is 2.26. The van der Waals surface area contributed by atoms with Crippen molar-refractivity contribution in [2.24, 2.45) is 0 Å². The summed E-state index contributed by atoms with van der Waals surface area (Å²) in [6.45, 7) is 6.20. The first-order chi connectivity index (χ1) is 9.86. The van der Waals surface area contributed by atoms with Gasteiger partial charge in [0.25, 0.3) is 0 Å². The smallest absolute Gasteiger partial charge is 0.242 e. The second-order valence-corrected chi connectivity index (χ2v) is 7.57. The van der Waals surface area contributed by atoms with Crippen molar-refractivity contribution < 1.29 is 13.2 Å². The first-order valence-corrected chi connectivity index (χ1v) is 8.83. The van der Waals surface area contributed by atoms with E-state index in [2.05, 4.69) is 10.0 Å². The van der Waals surface area contributed by atoms with Crippen LogP contribution in [0.5, 0.6) is 0 Å². The van der Waals surface area contributed by atoms with E-state index in [1.807, 2.05) is 19.9 Å². The molecule has 0 bridgehead atoms. The average Bonchev–Trinajstić information content (AvgIpc) is 2.83. The van der Waals surface area contributed by atoms with Gasteiger partial charge in [0, 0.05) is 13.2 Å². The maximum atomic E-state index is 12.6. The van der Waals surface area contributed by atoms with E-state index in [1.165, 1.54) is 0 Å². The third-order valence-electron chi connectivity index (χ3n) is 3.46. The summed E-state index contributed by atoms with van der Waals surface area (Å²) in [5.74, 6) is 0. The van der Waals surface area contributed by atoms with Crippen molar-refractivity contribution in [3.63, 3.8) is 0 Å². The van der Waals surface area contributed by atoms with Gasteiger partial charge in [-0.2, -0.15) is 0 Å². The zero-order valence-electron chi connectivity index (χ0n) is 12.3. The highest BCUT2D eigenvalue weighted by Gasteiger charge is 2.35. The lowest BCUT2D eigenvalue weighted by molar-refractivity contribution is 0.178. The maximum Gasteiger partial charge on any atom is 0.242 e. The molecule has 1 aliphatic heterocycles. The van der Waals surface area contributed by atoms with Gasteiger partial charge in [-0.25, -0.2) is 13.1 Å². The molecule has 0 aliphatic carbocycles. The number of benzene rings is 1.